The molecule has 30 heavy (non-hydrogen) atoms. The molecule has 0 aromatic heterocycles. The minimum absolute atomic E-state index is 0.0503. The average molecular weight is 407 g/mol. The maximum absolute atomic E-state index is 12.7. The molecule has 3 unspecified atom stereocenters. The first-order valence-electron chi connectivity index (χ1n) is 10.7. The van der Waals surface area contributed by atoms with Gasteiger partial charge in [0.25, 0.3) is 0 Å². The lowest BCUT2D eigenvalue weighted by Crippen LogP contribution is -2.54. The third-order valence-corrected chi connectivity index (χ3v) is 6.69. The van der Waals surface area contributed by atoms with Gasteiger partial charge in [0.05, 0.1) is 11.2 Å². The largest absolute Gasteiger partial charge is 0.390 e. The summed E-state index contributed by atoms with van der Waals surface area (Å²) in [6.07, 6.45) is 9.40. The molecule has 3 atom stereocenters. The van der Waals surface area contributed by atoms with E-state index in [0.717, 1.165) is 29.5 Å². The summed E-state index contributed by atoms with van der Waals surface area (Å²) in [5.74, 6) is -0.0413. The molecular weight excluding hydrogens is 376 g/mol. The van der Waals surface area contributed by atoms with Crippen LogP contribution in [0.15, 0.2) is 47.6 Å². The number of Topliss-reactive ketones (excluding diaryl/α,β-unsaturated/α-hetero) is 1. The second kappa shape index (κ2) is 7.44. The van der Waals surface area contributed by atoms with Gasteiger partial charge in [-0.05, 0) is 76.3 Å². The molecule has 2 saturated heterocycles. The molecule has 158 valence electrons. The smallest absolute Gasteiger partial charge is 0.187 e. The third-order valence-electron chi connectivity index (χ3n) is 6.69. The van der Waals surface area contributed by atoms with Crippen molar-refractivity contribution in [3.8, 4) is 0 Å². The quantitative estimate of drug-likeness (QED) is 0.750. The van der Waals surface area contributed by atoms with Crippen LogP contribution >= 0.6 is 0 Å². The van der Waals surface area contributed by atoms with Crippen molar-refractivity contribution >= 4 is 23.7 Å². The molecule has 4 nitrogen and oxygen atoms in total. The number of benzene rings is 1. The van der Waals surface area contributed by atoms with Crippen molar-refractivity contribution in [1.29, 1.82) is 0 Å². The number of allylic oxidation sites excluding steroid dienone is 2. The second-order valence-corrected chi connectivity index (χ2v) is 9.78. The standard InChI is InChI=1S/C26H30O4/c1-25(2,29)20-6-5-7-22(27)18(20)14-16-8-10-17(11-9-16)15-19-21-12-13-23(24(19)28)30-26(21,3)4/h5,7-11,14-15,20-21,23,29H,6,12-13H2,1-4H3/b18-14+,19-15+. The molecule has 4 heteroatoms. The van der Waals surface area contributed by atoms with Crippen LogP contribution in [-0.2, 0) is 14.3 Å². The lowest BCUT2D eigenvalue weighted by Gasteiger charge is -2.48. The van der Waals surface area contributed by atoms with E-state index in [4.69, 9.17) is 4.74 Å². The summed E-state index contributed by atoms with van der Waals surface area (Å²) in [7, 11) is 0. The molecule has 1 aromatic carbocycles. The van der Waals surface area contributed by atoms with Crippen molar-refractivity contribution in [2.75, 3.05) is 0 Å². The molecule has 0 radical (unpaired) electrons. The molecule has 5 rings (SSSR count). The zero-order valence-electron chi connectivity index (χ0n) is 18.1. The van der Waals surface area contributed by atoms with E-state index in [1.54, 1.807) is 19.9 Å². The molecule has 1 saturated carbocycles. The number of hydrogen-bond donors (Lipinski definition) is 1. The second-order valence-electron chi connectivity index (χ2n) is 9.78. The Morgan fingerprint density at radius 1 is 1.03 bits per heavy atom. The SMILES string of the molecule is CC(C)(O)C1CC=CC(=O)/C1=C/c1ccc(/C=C2/C(=O)C3CCC2C(C)(C)O3)cc1. The Balaban J connectivity index is 1.61. The van der Waals surface area contributed by atoms with Gasteiger partial charge < -0.3 is 9.84 Å². The van der Waals surface area contributed by atoms with Crippen LogP contribution in [0.2, 0.25) is 0 Å². The third kappa shape index (κ3) is 3.86. The Bertz CT molecular complexity index is 954. The van der Waals surface area contributed by atoms with Gasteiger partial charge in [-0.2, -0.15) is 0 Å². The van der Waals surface area contributed by atoms with Gasteiger partial charge in [0.2, 0.25) is 0 Å². The number of hydrogen-bond acceptors (Lipinski definition) is 4. The predicted octanol–water partition coefficient (Wildman–Crippen LogP) is 4.53. The first-order chi connectivity index (χ1) is 14.1. The van der Waals surface area contributed by atoms with E-state index in [0.29, 0.717) is 12.0 Å². The van der Waals surface area contributed by atoms with E-state index in [1.165, 1.54) is 0 Å². The Hall–Kier alpha value is -2.30. The molecule has 3 fully saturated rings. The first-order valence-corrected chi connectivity index (χ1v) is 10.7. The molecule has 2 aliphatic carbocycles. The Morgan fingerprint density at radius 2 is 1.63 bits per heavy atom. The Morgan fingerprint density at radius 3 is 2.20 bits per heavy atom. The molecule has 2 heterocycles. The molecule has 1 aromatic rings. The Kier molecular flexibility index (Phi) is 5.19. The van der Waals surface area contributed by atoms with Gasteiger partial charge in [-0.3, -0.25) is 9.59 Å². The number of carbonyl (C=O) groups excluding carboxylic acids is 2. The predicted molar refractivity (Wildman–Crippen MR) is 118 cm³/mol. The van der Waals surface area contributed by atoms with Gasteiger partial charge in [0, 0.05) is 23.0 Å². The summed E-state index contributed by atoms with van der Waals surface area (Å²) in [4.78, 5) is 25.1. The number of carbonyl (C=O) groups is 2. The van der Waals surface area contributed by atoms with Crippen LogP contribution in [0.5, 0.6) is 0 Å². The number of ketones is 2. The van der Waals surface area contributed by atoms with Crippen LogP contribution in [0.1, 0.15) is 58.1 Å². The molecule has 0 amide bonds. The fourth-order valence-corrected chi connectivity index (χ4v) is 5.01. The zero-order chi connectivity index (χ0) is 21.7. The first kappa shape index (κ1) is 21.0. The Labute approximate surface area is 178 Å². The molecule has 2 bridgehead atoms. The summed E-state index contributed by atoms with van der Waals surface area (Å²) in [5.41, 5.74) is 2.10. The zero-order valence-corrected chi connectivity index (χ0v) is 18.1. The van der Waals surface area contributed by atoms with Gasteiger partial charge >= 0.3 is 0 Å². The lowest BCUT2D eigenvalue weighted by atomic mass is 9.69. The molecule has 2 aliphatic heterocycles. The number of fused-ring (bicyclic) bond motifs is 3. The number of ether oxygens (including phenoxy) is 1. The summed E-state index contributed by atoms with van der Waals surface area (Å²) in [6.45, 7) is 7.61. The maximum atomic E-state index is 12.7. The van der Waals surface area contributed by atoms with Crippen LogP contribution < -0.4 is 0 Å². The molecule has 4 aliphatic rings. The highest BCUT2D eigenvalue weighted by Gasteiger charge is 2.49. The maximum Gasteiger partial charge on any atom is 0.187 e. The van der Waals surface area contributed by atoms with Crippen molar-refractivity contribution in [2.24, 2.45) is 11.8 Å². The van der Waals surface area contributed by atoms with Crippen LogP contribution in [0.25, 0.3) is 12.2 Å². The summed E-state index contributed by atoms with van der Waals surface area (Å²) in [6, 6.07) is 7.87. The molecule has 1 N–H and O–H groups in total. The van der Waals surface area contributed by atoms with E-state index < -0.39 is 5.60 Å². The van der Waals surface area contributed by atoms with Gasteiger partial charge in [-0.25, -0.2) is 0 Å². The average Bonchev–Trinajstić information content (AvgIpc) is 2.66. The monoisotopic (exact) mass is 406 g/mol. The highest BCUT2D eigenvalue weighted by Crippen LogP contribution is 2.45. The topological polar surface area (TPSA) is 63.6 Å². The van der Waals surface area contributed by atoms with Gasteiger partial charge in [0.15, 0.2) is 11.6 Å². The van der Waals surface area contributed by atoms with Crippen molar-refractivity contribution < 1.29 is 19.4 Å². The van der Waals surface area contributed by atoms with Crippen molar-refractivity contribution in [2.45, 2.75) is 64.3 Å². The van der Waals surface area contributed by atoms with E-state index in [-0.39, 0.29) is 35.1 Å². The summed E-state index contributed by atoms with van der Waals surface area (Å²) in [5, 5.41) is 10.5. The van der Waals surface area contributed by atoms with Crippen molar-refractivity contribution in [3.63, 3.8) is 0 Å². The number of aliphatic hydroxyl groups is 1. The molecule has 0 spiro atoms. The minimum atomic E-state index is -0.966. The van der Waals surface area contributed by atoms with Crippen LogP contribution in [0, 0.1) is 11.8 Å². The fourth-order valence-electron chi connectivity index (χ4n) is 5.01. The van der Waals surface area contributed by atoms with E-state index >= 15 is 0 Å². The van der Waals surface area contributed by atoms with E-state index in [1.807, 2.05) is 42.5 Å². The van der Waals surface area contributed by atoms with E-state index in [2.05, 4.69) is 13.8 Å². The minimum Gasteiger partial charge on any atom is -0.390 e. The summed E-state index contributed by atoms with van der Waals surface area (Å²) >= 11 is 0. The van der Waals surface area contributed by atoms with Gasteiger partial charge in [-0.15, -0.1) is 0 Å². The normalized spacial score (nSPS) is 31.0. The highest BCUT2D eigenvalue weighted by molar-refractivity contribution is 6.08. The van der Waals surface area contributed by atoms with Crippen molar-refractivity contribution in [1.82, 2.24) is 0 Å². The highest BCUT2D eigenvalue weighted by atomic mass is 16.5. The van der Waals surface area contributed by atoms with Crippen molar-refractivity contribution in [3.05, 3.63) is 58.7 Å². The van der Waals surface area contributed by atoms with Gasteiger partial charge in [-0.1, -0.05) is 30.3 Å². The van der Waals surface area contributed by atoms with Crippen LogP contribution in [0.3, 0.4) is 0 Å². The lowest BCUT2D eigenvalue weighted by molar-refractivity contribution is -0.172. The number of rotatable bonds is 3. The summed E-state index contributed by atoms with van der Waals surface area (Å²) < 4.78 is 5.95. The van der Waals surface area contributed by atoms with Crippen LogP contribution in [-0.4, -0.2) is 34.0 Å². The fraction of sp³-hybridized carbons (Fsp3) is 0.462. The van der Waals surface area contributed by atoms with Crippen LogP contribution in [0.4, 0.5) is 0 Å². The molecular formula is C26H30O4. The van der Waals surface area contributed by atoms with E-state index in [9.17, 15) is 14.7 Å². The van der Waals surface area contributed by atoms with Gasteiger partial charge in [0.1, 0.15) is 6.10 Å².